The molecule has 3 rings (SSSR count). The first kappa shape index (κ1) is 15.0. The lowest BCUT2D eigenvalue weighted by atomic mass is 10.1. The Labute approximate surface area is 132 Å². The van der Waals surface area contributed by atoms with Gasteiger partial charge in [-0.2, -0.15) is 0 Å². The molecule has 5 heteroatoms. The number of likely N-dealkylation sites (tertiary alicyclic amines) is 1. The minimum Gasteiger partial charge on any atom is -0.373 e. The summed E-state index contributed by atoms with van der Waals surface area (Å²) in [6.07, 6.45) is 8.33. The van der Waals surface area contributed by atoms with E-state index in [0.29, 0.717) is 12.1 Å². The van der Waals surface area contributed by atoms with Crippen LogP contribution in [0, 0.1) is 0 Å². The summed E-state index contributed by atoms with van der Waals surface area (Å²) in [5, 5.41) is 3.13. The quantitative estimate of drug-likeness (QED) is 0.920. The zero-order chi connectivity index (χ0) is 15.5. The zero-order valence-corrected chi connectivity index (χ0v) is 13.7. The van der Waals surface area contributed by atoms with Crippen LogP contribution in [0.2, 0.25) is 0 Å². The molecule has 0 amide bonds. The Morgan fingerprint density at radius 2 is 2.18 bits per heavy atom. The van der Waals surface area contributed by atoms with E-state index in [9.17, 15) is 0 Å². The third kappa shape index (κ3) is 2.99. The Morgan fingerprint density at radius 1 is 1.32 bits per heavy atom. The van der Waals surface area contributed by atoms with Gasteiger partial charge in [0.2, 0.25) is 0 Å². The SMILES string of the molecule is CNc1cc([C@H]2CCCN2Cc2nccn2C(C)C)ccn1. The largest absolute Gasteiger partial charge is 0.373 e. The number of hydrogen-bond acceptors (Lipinski definition) is 4. The summed E-state index contributed by atoms with van der Waals surface area (Å²) in [6.45, 7) is 6.45. The average molecular weight is 299 g/mol. The molecule has 0 unspecified atom stereocenters. The molecule has 1 N–H and O–H groups in total. The van der Waals surface area contributed by atoms with E-state index in [1.54, 1.807) is 0 Å². The second-order valence-corrected chi connectivity index (χ2v) is 6.20. The highest BCUT2D eigenvalue weighted by atomic mass is 15.2. The zero-order valence-electron chi connectivity index (χ0n) is 13.7. The molecule has 0 aliphatic carbocycles. The van der Waals surface area contributed by atoms with Gasteiger partial charge < -0.3 is 9.88 Å². The molecule has 0 saturated carbocycles. The molecular formula is C17H25N5. The summed E-state index contributed by atoms with van der Waals surface area (Å²) in [7, 11) is 1.91. The molecule has 5 nitrogen and oxygen atoms in total. The van der Waals surface area contributed by atoms with Crippen LogP contribution in [-0.2, 0) is 6.54 Å². The van der Waals surface area contributed by atoms with Gasteiger partial charge in [-0.3, -0.25) is 4.90 Å². The van der Waals surface area contributed by atoms with Gasteiger partial charge >= 0.3 is 0 Å². The lowest BCUT2D eigenvalue weighted by Crippen LogP contribution is -2.25. The third-order valence-corrected chi connectivity index (χ3v) is 4.44. The van der Waals surface area contributed by atoms with Gasteiger partial charge in [0.1, 0.15) is 11.6 Å². The molecule has 1 saturated heterocycles. The van der Waals surface area contributed by atoms with E-state index in [4.69, 9.17) is 0 Å². The molecule has 1 atom stereocenters. The summed E-state index contributed by atoms with van der Waals surface area (Å²) in [5.41, 5.74) is 1.35. The van der Waals surface area contributed by atoms with Crippen molar-refractivity contribution in [3.05, 3.63) is 42.1 Å². The van der Waals surface area contributed by atoms with Gasteiger partial charge in [0.05, 0.1) is 6.54 Å². The van der Waals surface area contributed by atoms with Gasteiger partial charge in [0, 0.05) is 37.7 Å². The third-order valence-electron chi connectivity index (χ3n) is 4.44. The second-order valence-electron chi connectivity index (χ2n) is 6.20. The summed E-state index contributed by atoms with van der Waals surface area (Å²) in [4.78, 5) is 11.4. The van der Waals surface area contributed by atoms with Crippen molar-refractivity contribution in [2.24, 2.45) is 0 Å². The van der Waals surface area contributed by atoms with Crippen LogP contribution in [0.25, 0.3) is 0 Å². The topological polar surface area (TPSA) is 46.0 Å². The average Bonchev–Trinajstić information content (AvgIpc) is 3.17. The van der Waals surface area contributed by atoms with Crippen LogP contribution in [0.1, 0.15) is 50.2 Å². The molecule has 0 bridgehead atoms. The Kier molecular flexibility index (Phi) is 4.43. The van der Waals surface area contributed by atoms with Crippen molar-refractivity contribution in [1.82, 2.24) is 19.4 Å². The number of pyridine rings is 1. The van der Waals surface area contributed by atoms with Crippen LogP contribution >= 0.6 is 0 Å². The number of nitrogens with one attached hydrogen (secondary N) is 1. The number of nitrogens with zero attached hydrogens (tertiary/aromatic N) is 4. The molecule has 2 aromatic rings. The van der Waals surface area contributed by atoms with Crippen LogP contribution in [0.15, 0.2) is 30.7 Å². The second kappa shape index (κ2) is 6.48. The molecule has 118 valence electrons. The van der Waals surface area contributed by atoms with Gasteiger partial charge in [0.15, 0.2) is 0 Å². The van der Waals surface area contributed by atoms with E-state index >= 15 is 0 Å². The Morgan fingerprint density at radius 3 is 2.95 bits per heavy atom. The fraction of sp³-hybridized carbons (Fsp3) is 0.529. The molecular weight excluding hydrogens is 274 g/mol. The van der Waals surface area contributed by atoms with Gasteiger partial charge in [-0.1, -0.05) is 0 Å². The van der Waals surface area contributed by atoms with E-state index in [1.807, 2.05) is 19.4 Å². The number of anilines is 1. The Balaban J connectivity index is 1.79. The van der Waals surface area contributed by atoms with Crippen molar-refractivity contribution in [1.29, 1.82) is 0 Å². The molecule has 22 heavy (non-hydrogen) atoms. The van der Waals surface area contributed by atoms with E-state index in [1.165, 1.54) is 18.4 Å². The van der Waals surface area contributed by atoms with Crippen LogP contribution in [0.5, 0.6) is 0 Å². The lowest BCUT2D eigenvalue weighted by Gasteiger charge is -2.25. The smallest absolute Gasteiger partial charge is 0.125 e. The summed E-state index contributed by atoms with van der Waals surface area (Å²) >= 11 is 0. The maximum absolute atomic E-state index is 4.56. The van der Waals surface area contributed by atoms with Gasteiger partial charge in [-0.15, -0.1) is 0 Å². The molecule has 1 fully saturated rings. The first-order chi connectivity index (χ1) is 10.7. The highest BCUT2D eigenvalue weighted by Gasteiger charge is 2.27. The first-order valence-corrected chi connectivity index (χ1v) is 8.08. The fourth-order valence-corrected chi connectivity index (χ4v) is 3.30. The summed E-state index contributed by atoms with van der Waals surface area (Å²) in [6, 6.07) is 5.22. The van der Waals surface area contributed by atoms with E-state index in [-0.39, 0.29) is 0 Å². The van der Waals surface area contributed by atoms with Crippen molar-refractivity contribution < 1.29 is 0 Å². The number of rotatable bonds is 5. The number of aromatic nitrogens is 3. The minimum absolute atomic E-state index is 0.454. The first-order valence-electron chi connectivity index (χ1n) is 8.08. The lowest BCUT2D eigenvalue weighted by molar-refractivity contribution is 0.237. The maximum atomic E-state index is 4.56. The van der Waals surface area contributed by atoms with E-state index in [0.717, 1.165) is 24.7 Å². The maximum Gasteiger partial charge on any atom is 0.125 e. The highest BCUT2D eigenvalue weighted by molar-refractivity contribution is 5.38. The fourth-order valence-electron chi connectivity index (χ4n) is 3.30. The highest BCUT2D eigenvalue weighted by Crippen LogP contribution is 2.33. The van der Waals surface area contributed by atoms with E-state index < -0.39 is 0 Å². The van der Waals surface area contributed by atoms with Gasteiger partial charge in [-0.25, -0.2) is 9.97 Å². The van der Waals surface area contributed by atoms with Gasteiger partial charge in [-0.05, 0) is 50.9 Å². The van der Waals surface area contributed by atoms with Gasteiger partial charge in [0.25, 0.3) is 0 Å². The number of hydrogen-bond donors (Lipinski definition) is 1. The minimum atomic E-state index is 0.454. The number of imidazole rings is 1. The van der Waals surface area contributed by atoms with Crippen LogP contribution < -0.4 is 5.32 Å². The van der Waals surface area contributed by atoms with Crippen molar-refractivity contribution in [2.45, 2.75) is 45.3 Å². The molecule has 1 aliphatic rings. The molecule has 0 spiro atoms. The van der Waals surface area contributed by atoms with Crippen molar-refractivity contribution in [3.8, 4) is 0 Å². The van der Waals surface area contributed by atoms with Crippen molar-refractivity contribution in [2.75, 3.05) is 18.9 Å². The van der Waals surface area contributed by atoms with E-state index in [2.05, 4.69) is 56.9 Å². The Hall–Kier alpha value is -1.88. The summed E-state index contributed by atoms with van der Waals surface area (Å²) < 4.78 is 2.26. The van der Waals surface area contributed by atoms with Crippen LogP contribution in [0.3, 0.4) is 0 Å². The molecule has 0 aromatic carbocycles. The molecule has 2 aromatic heterocycles. The van der Waals surface area contributed by atoms with Crippen molar-refractivity contribution >= 4 is 5.82 Å². The van der Waals surface area contributed by atoms with Crippen molar-refractivity contribution in [3.63, 3.8) is 0 Å². The van der Waals surface area contributed by atoms with Crippen LogP contribution in [-0.4, -0.2) is 33.0 Å². The predicted octanol–water partition coefficient (Wildman–Crippen LogP) is 3.24. The predicted molar refractivity (Wildman–Crippen MR) is 88.8 cm³/mol. The molecule has 3 heterocycles. The monoisotopic (exact) mass is 299 g/mol. The standard InChI is InChI=1S/C17H25N5/c1-13(2)22-10-8-20-17(22)12-21-9-4-5-15(21)14-6-7-19-16(11-14)18-3/h6-8,10-11,13,15H,4-5,9,12H2,1-3H3,(H,18,19)/t15-/m1/s1. The normalized spacial score (nSPS) is 19.0. The summed E-state index contributed by atoms with van der Waals surface area (Å²) in [5.74, 6) is 2.10. The Bertz CT molecular complexity index is 619. The molecule has 0 radical (unpaired) electrons. The molecule has 1 aliphatic heterocycles. The van der Waals surface area contributed by atoms with Crippen LogP contribution in [0.4, 0.5) is 5.82 Å².